The van der Waals surface area contributed by atoms with Crippen LogP contribution in [0.5, 0.6) is 0 Å². The van der Waals surface area contributed by atoms with Gasteiger partial charge in [-0.25, -0.2) is 4.68 Å². The van der Waals surface area contributed by atoms with Crippen molar-refractivity contribution in [2.45, 2.75) is 44.9 Å². The summed E-state index contributed by atoms with van der Waals surface area (Å²) in [5.41, 5.74) is 4.18. The third kappa shape index (κ3) is 8.89. The van der Waals surface area contributed by atoms with E-state index in [0.29, 0.717) is 26.4 Å². The van der Waals surface area contributed by atoms with Crippen molar-refractivity contribution in [3.63, 3.8) is 0 Å². The van der Waals surface area contributed by atoms with Crippen LogP contribution in [0.2, 0.25) is 0 Å². The second kappa shape index (κ2) is 15.5. The predicted molar refractivity (Wildman–Crippen MR) is 154 cm³/mol. The van der Waals surface area contributed by atoms with Crippen molar-refractivity contribution in [2.24, 2.45) is 0 Å². The number of aromatic nitrogens is 4. The fourth-order valence-corrected chi connectivity index (χ4v) is 4.38. The molecule has 8 heteroatoms. The normalized spacial score (nSPS) is 13.5. The lowest BCUT2D eigenvalue weighted by Gasteiger charge is -2.33. The van der Waals surface area contributed by atoms with Crippen molar-refractivity contribution in [3.05, 3.63) is 150 Å². The molecule has 4 aromatic carbocycles. The molecule has 0 aliphatic carbocycles. The van der Waals surface area contributed by atoms with Gasteiger partial charge in [0.05, 0.1) is 33.0 Å². The Morgan fingerprint density at radius 2 is 1.00 bits per heavy atom. The molecule has 0 amide bonds. The van der Waals surface area contributed by atoms with Gasteiger partial charge in [-0.1, -0.05) is 121 Å². The van der Waals surface area contributed by atoms with Crippen molar-refractivity contribution < 1.29 is 18.9 Å². The maximum atomic E-state index is 6.61. The van der Waals surface area contributed by atoms with Gasteiger partial charge in [-0.15, -0.1) is 5.10 Å². The van der Waals surface area contributed by atoms with Gasteiger partial charge in [0.25, 0.3) is 0 Å². The molecule has 210 valence electrons. The molecule has 0 aliphatic rings. The van der Waals surface area contributed by atoms with E-state index in [1.807, 2.05) is 121 Å². The van der Waals surface area contributed by atoms with Gasteiger partial charge in [-0.05, 0) is 32.7 Å². The SMILES string of the molecule is c1ccc(COC[C@@H](OCc2ccccc2)[C@@H](OCc2ccccc2)[C@H](OCc2ccccc2)n2cnnn2)cc1. The first-order valence-electron chi connectivity index (χ1n) is 13.7. The van der Waals surface area contributed by atoms with Crippen molar-refractivity contribution in [2.75, 3.05) is 6.61 Å². The van der Waals surface area contributed by atoms with Crippen LogP contribution >= 0.6 is 0 Å². The summed E-state index contributed by atoms with van der Waals surface area (Å²) in [4.78, 5) is 0. The molecule has 0 aliphatic heterocycles. The van der Waals surface area contributed by atoms with Gasteiger partial charge >= 0.3 is 0 Å². The summed E-state index contributed by atoms with van der Waals surface area (Å²) in [5.74, 6) is 0. The van der Waals surface area contributed by atoms with E-state index in [1.54, 1.807) is 4.68 Å². The summed E-state index contributed by atoms with van der Waals surface area (Å²) in [5, 5.41) is 11.9. The molecule has 5 aromatic rings. The first-order chi connectivity index (χ1) is 20.3. The molecule has 0 fully saturated rings. The highest BCUT2D eigenvalue weighted by atomic mass is 16.6. The quantitative estimate of drug-likeness (QED) is 0.154. The van der Waals surface area contributed by atoms with E-state index >= 15 is 0 Å². The minimum absolute atomic E-state index is 0.272. The molecule has 3 atom stereocenters. The number of hydrogen-bond acceptors (Lipinski definition) is 7. The summed E-state index contributed by atoms with van der Waals surface area (Å²) in [6.45, 7) is 1.79. The fraction of sp³-hybridized carbons (Fsp3) is 0.242. The minimum Gasteiger partial charge on any atom is -0.374 e. The molecule has 41 heavy (non-hydrogen) atoms. The Morgan fingerprint density at radius 1 is 0.537 bits per heavy atom. The van der Waals surface area contributed by atoms with Crippen LogP contribution in [-0.2, 0) is 45.4 Å². The Bertz CT molecular complexity index is 1370. The smallest absolute Gasteiger partial charge is 0.182 e. The molecule has 1 aromatic heterocycles. The van der Waals surface area contributed by atoms with Crippen LogP contribution in [0.25, 0.3) is 0 Å². The molecule has 5 rings (SSSR count). The first kappa shape index (κ1) is 28.3. The van der Waals surface area contributed by atoms with Gasteiger partial charge in [0.15, 0.2) is 6.23 Å². The molecule has 0 bridgehead atoms. The van der Waals surface area contributed by atoms with Gasteiger partial charge in [0.1, 0.15) is 18.5 Å². The van der Waals surface area contributed by atoms with E-state index in [4.69, 9.17) is 18.9 Å². The van der Waals surface area contributed by atoms with Crippen LogP contribution in [0, 0.1) is 0 Å². The Hall–Kier alpha value is -4.21. The maximum Gasteiger partial charge on any atom is 0.182 e. The molecule has 0 saturated heterocycles. The lowest BCUT2D eigenvalue weighted by molar-refractivity contribution is -0.193. The molecule has 1 heterocycles. The van der Waals surface area contributed by atoms with E-state index in [1.165, 1.54) is 6.33 Å². The average molecular weight is 551 g/mol. The van der Waals surface area contributed by atoms with E-state index in [9.17, 15) is 0 Å². The van der Waals surface area contributed by atoms with Crippen LogP contribution in [-0.4, -0.2) is 39.0 Å². The molecule has 0 saturated carbocycles. The van der Waals surface area contributed by atoms with Crippen molar-refractivity contribution in [3.8, 4) is 0 Å². The fourth-order valence-electron chi connectivity index (χ4n) is 4.38. The van der Waals surface area contributed by atoms with Crippen LogP contribution < -0.4 is 0 Å². The number of rotatable bonds is 16. The molecule has 0 radical (unpaired) electrons. The Balaban J connectivity index is 1.41. The minimum atomic E-state index is -0.685. The zero-order valence-electron chi connectivity index (χ0n) is 22.8. The Morgan fingerprint density at radius 3 is 1.49 bits per heavy atom. The zero-order valence-corrected chi connectivity index (χ0v) is 22.8. The van der Waals surface area contributed by atoms with Crippen LogP contribution in [0.3, 0.4) is 0 Å². The van der Waals surface area contributed by atoms with Gasteiger partial charge in [0, 0.05) is 0 Å². The standard InChI is InChI=1S/C33H34N4O4/c1-5-13-27(14-6-1)21-38-25-31(39-22-28-15-7-2-8-16-28)32(40-23-29-17-9-3-10-18-29)33(37-26-34-35-36-37)41-24-30-19-11-4-12-20-30/h1-20,26,31-33H,21-25H2/t31-,32-,33+/m1/s1. The van der Waals surface area contributed by atoms with Crippen LogP contribution in [0.1, 0.15) is 28.5 Å². The lowest BCUT2D eigenvalue weighted by atomic mass is 10.1. The van der Waals surface area contributed by atoms with E-state index in [0.717, 1.165) is 22.3 Å². The van der Waals surface area contributed by atoms with E-state index in [-0.39, 0.29) is 6.61 Å². The summed E-state index contributed by atoms with van der Waals surface area (Å²) >= 11 is 0. The Labute approximate surface area is 240 Å². The van der Waals surface area contributed by atoms with Gasteiger partial charge < -0.3 is 18.9 Å². The summed E-state index contributed by atoms with van der Waals surface area (Å²) in [7, 11) is 0. The average Bonchev–Trinajstić information content (AvgIpc) is 3.58. The first-order valence-corrected chi connectivity index (χ1v) is 13.7. The number of ether oxygens (including phenoxy) is 4. The van der Waals surface area contributed by atoms with Crippen LogP contribution in [0.15, 0.2) is 128 Å². The Kier molecular flexibility index (Phi) is 10.7. The molecule has 0 unspecified atom stereocenters. The van der Waals surface area contributed by atoms with Crippen LogP contribution in [0.4, 0.5) is 0 Å². The number of benzene rings is 4. The second-order valence-corrected chi connectivity index (χ2v) is 9.57. The highest BCUT2D eigenvalue weighted by molar-refractivity contribution is 5.16. The van der Waals surface area contributed by atoms with E-state index in [2.05, 4.69) is 15.5 Å². The molecular weight excluding hydrogens is 516 g/mol. The topological polar surface area (TPSA) is 80.5 Å². The zero-order chi connectivity index (χ0) is 28.0. The van der Waals surface area contributed by atoms with Gasteiger partial charge in [-0.3, -0.25) is 0 Å². The van der Waals surface area contributed by atoms with Crippen molar-refractivity contribution >= 4 is 0 Å². The molecule has 8 nitrogen and oxygen atoms in total. The lowest BCUT2D eigenvalue weighted by Crippen LogP contribution is -2.43. The monoisotopic (exact) mass is 550 g/mol. The molecule has 0 N–H and O–H groups in total. The third-order valence-corrected chi connectivity index (χ3v) is 6.52. The van der Waals surface area contributed by atoms with Gasteiger partial charge in [0.2, 0.25) is 0 Å². The highest BCUT2D eigenvalue weighted by Crippen LogP contribution is 2.25. The highest BCUT2D eigenvalue weighted by Gasteiger charge is 2.35. The summed E-state index contributed by atoms with van der Waals surface area (Å²) < 4.78 is 27.4. The largest absolute Gasteiger partial charge is 0.374 e. The summed E-state index contributed by atoms with van der Waals surface area (Å²) in [6, 6.07) is 40.1. The van der Waals surface area contributed by atoms with Gasteiger partial charge in [-0.2, -0.15) is 0 Å². The summed E-state index contributed by atoms with van der Waals surface area (Å²) in [6.07, 6.45) is -0.266. The van der Waals surface area contributed by atoms with Crippen molar-refractivity contribution in [1.29, 1.82) is 0 Å². The van der Waals surface area contributed by atoms with E-state index < -0.39 is 18.4 Å². The van der Waals surface area contributed by atoms with Crippen molar-refractivity contribution in [1.82, 2.24) is 20.2 Å². The number of hydrogen-bond donors (Lipinski definition) is 0. The number of nitrogens with zero attached hydrogens (tertiary/aromatic N) is 4. The number of tetrazole rings is 1. The maximum absolute atomic E-state index is 6.61. The predicted octanol–water partition coefficient (Wildman–Crippen LogP) is 5.78. The third-order valence-electron chi connectivity index (χ3n) is 6.52. The second-order valence-electron chi connectivity index (χ2n) is 9.57. The molecular formula is C33H34N4O4. The molecule has 0 spiro atoms.